The highest BCUT2D eigenvalue weighted by atomic mass is 127. The van der Waals surface area contributed by atoms with Gasteiger partial charge in [-0.2, -0.15) is 0 Å². The Morgan fingerprint density at radius 3 is 3.00 bits per heavy atom. The number of carboxylic acid groups (broad SMARTS) is 1. The third-order valence-corrected chi connectivity index (χ3v) is 2.19. The summed E-state index contributed by atoms with van der Waals surface area (Å²) in [5.41, 5.74) is 0.406. The SMILES string of the molecule is O=C(O)Cc1cc(F)cnc1I. The van der Waals surface area contributed by atoms with Gasteiger partial charge in [0.2, 0.25) is 0 Å². The van der Waals surface area contributed by atoms with Crippen molar-refractivity contribution in [1.82, 2.24) is 4.98 Å². The van der Waals surface area contributed by atoms with Gasteiger partial charge in [0, 0.05) is 0 Å². The number of aromatic nitrogens is 1. The summed E-state index contributed by atoms with van der Waals surface area (Å²) < 4.78 is 13.1. The van der Waals surface area contributed by atoms with Crippen LogP contribution in [0.4, 0.5) is 4.39 Å². The van der Waals surface area contributed by atoms with E-state index in [9.17, 15) is 9.18 Å². The number of hydrogen-bond acceptors (Lipinski definition) is 2. The molecule has 12 heavy (non-hydrogen) atoms. The normalized spacial score (nSPS) is 9.83. The molecule has 5 heteroatoms. The summed E-state index contributed by atoms with van der Waals surface area (Å²) in [6.45, 7) is 0. The van der Waals surface area contributed by atoms with Crippen molar-refractivity contribution in [1.29, 1.82) is 0 Å². The maximum absolute atomic E-state index is 12.5. The number of aliphatic carboxylic acids is 1. The van der Waals surface area contributed by atoms with Crippen LogP contribution in [0.15, 0.2) is 12.3 Å². The highest BCUT2D eigenvalue weighted by Gasteiger charge is 2.06. The summed E-state index contributed by atoms with van der Waals surface area (Å²) in [5.74, 6) is -1.49. The molecule has 64 valence electrons. The Labute approximate surface area is 81.8 Å². The second-order valence-electron chi connectivity index (χ2n) is 2.17. The van der Waals surface area contributed by atoms with Gasteiger partial charge in [-0.15, -0.1) is 0 Å². The lowest BCUT2D eigenvalue weighted by molar-refractivity contribution is -0.136. The van der Waals surface area contributed by atoms with E-state index in [1.165, 1.54) is 6.07 Å². The molecule has 0 saturated carbocycles. The molecule has 0 radical (unpaired) electrons. The lowest BCUT2D eigenvalue weighted by Gasteiger charge is -1.99. The van der Waals surface area contributed by atoms with Crippen molar-refractivity contribution in [3.05, 3.63) is 27.3 Å². The van der Waals surface area contributed by atoms with Gasteiger partial charge in [0.25, 0.3) is 0 Å². The fraction of sp³-hybridized carbons (Fsp3) is 0.143. The molecule has 3 nitrogen and oxygen atoms in total. The predicted octanol–water partition coefficient (Wildman–Crippen LogP) is 1.45. The van der Waals surface area contributed by atoms with Gasteiger partial charge in [0.05, 0.1) is 12.6 Å². The van der Waals surface area contributed by atoms with E-state index in [1.54, 1.807) is 0 Å². The van der Waals surface area contributed by atoms with Gasteiger partial charge >= 0.3 is 5.97 Å². The Morgan fingerprint density at radius 1 is 1.75 bits per heavy atom. The maximum atomic E-state index is 12.5. The molecule has 0 aliphatic rings. The molecule has 1 aromatic rings. The summed E-state index contributed by atoms with van der Waals surface area (Å²) in [6, 6.07) is 1.18. The van der Waals surface area contributed by atoms with E-state index in [-0.39, 0.29) is 6.42 Å². The zero-order valence-electron chi connectivity index (χ0n) is 5.92. The number of rotatable bonds is 2. The van der Waals surface area contributed by atoms with Crippen molar-refractivity contribution in [2.45, 2.75) is 6.42 Å². The molecule has 1 rings (SSSR count). The summed E-state index contributed by atoms with van der Waals surface area (Å²) in [6.07, 6.45) is 0.871. The van der Waals surface area contributed by atoms with E-state index < -0.39 is 11.8 Å². The van der Waals surface area contributed by atoms with Crippen LogP contribution in [0.2, 0.25) is 0 Å². The van der Waals surface area contributed by atoms with Crippen molar-refractivity contribution < 1.29 is 14.3 Å². The Balaban J connectivity index is 2.97. The molecule has 0 aliphatic heterocycles. The minimum atomic E-state index is -0.986. The van der Waals surface area contributed by atoms with Crippen LogP contribution in [-0.4, -0.2) is 16.1 Å². The van der Waals surface area contributed by atoms with Crippen LogP contribution < -0.4 is 0 Å². The summed E-state index contributed by atoms with van der Waals surface area (Å²) >= 11 is 1.87. The van der Waals surface area contributed by atoms with E-state index in [2.05, 4.69) is 4.98 Å². The molecule has 0 atom stereocenters. The Morgan fingerprint density at radius 2 is 2.42 bits per heavy atom. The first-order valence-corrected chi connectivity index (χ1v) is 4.19. The Kier molecular flexibility index (Phi) is 2.96. The van der Waals surface area contributed by atoms with Crippen LogP contribution in [0.25, 0.3) is 0 Å². The summed E-state index contributed by atoms with van der Waals surface area (Å²) in [5, 5.41) is 8.43. The standard InChI is InChI=1S/C7H5FINO2/c8-5-1-4(2-6(11)12)7(9)10-3-5/h1,3H,2H2,(H,11,12). The van der Waals surface area contributed by atoms with Crippen molar-refractivity contribution in [3.63, 3.8) is 0 Å². The summed E-state index contributed by atoms with van der Waals surface area (Å²) in [7, 11) is 0. The number of carboxylic acids is 1. The summed E-state index contributed by atoms with van der Waals surface area (Å²) in [4.78, 5) is 14.0. The number of pyridine rings is 1. The third kappa shape index (κ3) is 2.40. The lowest BCUT2D eigenvalue weighted by atomic mass is 10.2. The van der Waals surface area contributed by atoms with Crippen molar-refractivity contribution in [2.24, 2.45) is 0 Å². The van der Waals surface area contributed by atoms with Gasteiger partial charge in [-0.3, -0.25) is 4.79 Å². The first-order chi connectivity index (χ1) is 5.59. The van der Waals surface area contributed by atoms with Crippen molar-refractivity contribution >= 4 is 28.6 Å². The highest BCUT2D eigenvalue weighted by molar-refractivity contribution is 14.1. The van der Waals surface area contributed by atoms with E-state index in [1.807, 2.05) is 22.6 Å². The molecule has 0 spiro atoms. The van der Waals surface area contributed by atoms with Gasteiger partial charge in [-0.1, -0.05) is 0 Å². The largest absolute Gasteiger partial charge is 0.481 e. The third-order valence-electron chi connectivity index (χ3n) is 1.22. The highest BCUT2D eigenvalue weighted by Crippen LogP contribution is 2.11. The molecule has 1 heterocycles. The maximum Gasteiger partial charge on any atom is 0.307 e. The van der Waals surface area contributed by atoms with Gasteiger partial charge in [-0.05, 0) is 34.2 Å². The molecule has 1 N–H and O–H groups in total. The molecular weight excluding hydrogens is 276 g/mol. The van der Waals surface area contributed by atoms with Crippen LogP contribution in [0.3, 0.4) is 0 Å². The van der Waals surface area contributed by atoms with Gasteiger partial charge in [-0.25, -0.2) is 9.37 Å². The predicted molar refractivity (Wildman–Crippen MR) is 48.3 cm³/mol. The van der Waals surface area contributed by atoms with E-state index >= 15 is 0 Å². The fourth-order valence-corrected chi connectivity index (χ4v) is 1.24. The molecule has 0 unspecified atom stereocenters. The Bertz CT molecular complexity index is 316. The number of hydrogen-bond donors (Lipinski definition) is 1. The molecule has 0 amide bonds. The first kappa shape index (κ1) is 9.37. The van der Waals surface area contributed by atoms with Gasteiger partial charge in [0.15, 0.2) is 0 Å². The average molecular weight is 281 g/mol. The zero-order valence-corrected chi connectivity index (χ0v) is 8.08. The quantitative estimate of drug-likeness (QED) is 0.659. The van der Waals surface area contributed by atoms with Crippen molar-refractivity contribution in [3.8, 4) is 0 Å². The van der Waals surface area contributed by atoms with Gasteiger partial charge < -0.3 is 5.11 Å². The smallest absolute Gasteiger partial charge is 0.307 e. The van der Waals surface area contributed by atoms with Crippen LogP contribution >= 0.6 is 22.6 Å². The fourth-order valence-electron chi connectivity index (χ4n) is 0.751. The van der Waals surface area contributed by atoms with Crippen LogP contribution in [0.5, 0.6) is 0 Å². The number of halogens is 2. The van der Waals surface area contributed by atoms with Gasteiger partial charge in [0.1, 0.15) is 9.52 Å². The molecule has 0 bridgehead atoms. The second kappa shape index (κ2) is 3.79. The van der Waals surface area contributed by atoms with Crippen LogP contribution in [0, 0.1) is 9.52 Å². The average Bonchev–Trinajstić information content (AvgIpc) is 1.96. The van der Waals surface area contributed by atoms with E-state index in [0.29, 0.717) is 9.26 Å². The van der Waals surface area contributed by atoms with E-state index in [0.717, 1.165) is 6.20 Å². The monoisotopic (exact) mass is 281 g/mol. The number of nitrogens with zero attached hydrogens (tertiary/aromatic N) is 1. The molecule has 0 aliphatic carbocycles. The second-order valence-corrected chi connectivity index (χ2v) is 3.20. The minimum Gasteiger partial charge on any atom is -0.481 e. The minimum absolute atomic E-state index is 0.191. The van der Waals surface area contributed by atoms with Crippen molar-refractivity contribution in [2.75, 3.05) is 0 Å². The lowest BCUT2D eigenvalue weighted by Crippen LogP contribution is -2.03. The zero-order chi connectivity index (χ0) is 9.14. The number of carbonyl (C=O) groups is 1. The van der Waals surface area contributed by atoms with E-state index in [4.69, 9.17) is 5.11 Å². The van der Waals surface area contributed by atoms with Crippen LogP contribution in [-0.2, 0) is 11.2 Å². The molecule has 0 saturated heterocycles. The molecule has 0 aromatic carbocycles. The van der Waals surface area contributed by atoms with Crippen LogP contribution in [0.1, 0.15) is 5.56 Å². The Hall–Kier alpha value is -0.720. The first-order valence-electron chi connectivity index (χ1n) is 3.11. The molecule has 1 aromatic heterocycles. The topological polar surface area (TPSA) is 50.2 Å². The molecular formula is C7H5FINO2. The molecule has 0 fully saturated rings.